The lowest BCUT2D eigenvalue weighted by molar-refractivity contribution is 0.394. The maximum atomic E-state index is 5.87. The van der Waals surface area contributed by atoms with Crippen molar-refractivity contribution in [1.29, 1.82) is 0 Å². The van der Waals surface area contributed by atoms with Crippen LogP contribution in [0.2, 0.25) is 5.02 Å². The van der Waals surface area contributed by atoms with Crippen LogP contribution in [0.3, 0.4) is 0 Å². The van der Waals surface area contributed by atoms with Gasteiger partial charge in [0.15, 0.2) is 5.82 Å². The van der Waals surface area contributed by atoms with Gasteiger partial charge >= 0.3 is 0 Å². The Labute approximate surface area is 138 Å². The van der Waals surface area contributed by atoms with Gasteiger partial charge in [0, 0.05) is 22.3 Å². The molecule has 0 bridgehead atoms. The third-order valence-electron chi connectivity index (χ3n) is 3.21. The summed E-state index contributed by atoms with van der Waals surface area (Å²) in [5, 5.41) is 10.8. The van der Waals surface area contributed by atoms with E-state index in [-0.39, 0.29) is 0 Å². The van der Waals surface area contributed by atoms with Crippen molar-refractivity contribution in [1.82, 2.24) is 15.2 Å². The number of nitrogens with zero attached hydrogens (tertiary/aromatic N) is 2. The molecule has 1 heterocycles. The predicted octanol–water partition coefficient (Wildman–Crippen LogP) is 3.89. The van der Waals surface area contributed by atoms with Gasteiger partial charge in [-0.1, -0.05) is 11.6 Å². The molecule has 118 valence electrons. The van der Waals surface area contributed by atoms with Gasteiger partial charge in [0.25, 0.3) is 0 Å². The highest BCUT2D eigenvalue weighted by molar-refractivity contribution is 6.30. The summed E-state index contributed by atoms with van der Waals surface area (Å²) < 4.78 is 10.5. The first-order valence-corrected chi connectivity index (χ1v) is 7.24. The second kappa shape index (κ2) is 6.58. The van der Waals surface area contributed by atoms with Crippen molar-refractivity contribution in [3.05, 3.63) is 47.5 Å². The fourth-order valence-corrected chi connectivity index (χ4v) is 2.18. The van der Waals surface area contributed by atoms with Crippen molar-refractivity contribution in [2.24, 2.45) is 0 Å². The number of anilines is 2. The first-order valence-electron chi connectivity index (χ1n) is 6.86. The van der Waals surface area contributed by atoms with E-state index >= 15 is 0 Å². The third-order valence-corrected chi connectivity index (χ3v) is 3.46. The molecule has 0 saturated heterocycles. The SMILES string of the molecule is COc1cc(OC)cc(-c2nc(Nc3ccc(Cl)cc3)n[nH]2)c1. The fourth-order valence-electron chi connectivity index (χ4n) is 2.05. The van der Waals surface area contributed by atoms with E-state index in [0.29, 0.717) is 28.3 Å². The average Bonchev–Trinajstić information content (AvgIpc) is 3.05. The molecule has 1 aromatic heterocycles. The highest BCUT2D eigenvalue weighted by atomic mass is 35.5. The second-order valence-corrected chi connectivity index (χ2v) is 5.18. The number of hydrogen-bond donors (Lipinski definition) is 2. The lowest BCUT2D eigenvalue weighted by Gasteiger charge is -2.06. The molecule has 3 aromatic rings. The molecule has 0 amide bonds. The molecule has 2 N–H and O–H groups in total. The topological polar surface area (TPSA) is 72.1 Å². The molecule has 0 fully saturated rings. The molecule has 23 heavy (non-hydrogen) atoms. The maximum absolute atomic E-state index is 5.87. The number of hydrogen-bond acceptors (Lipinski definition) is 5. The first-order chi connectivity index (χ1) is 11.2. The molecule has 0 aliphatic carbocycles. The summed E-state index contributed by atoms with van der Waals surface area (Å²) in [6.45, 7) is 0. The Balaban J connectivity index is 1.85. The van der Waals surface area contributed by atoms with Gasteiger partial charge in [0.05, 0.1) is 14.2 Å². The van der Waals surface area contributed by atoms with Gasteiger partial charge in [0.2, 0.25) is 5.95 Å². The van der Waals surface area contributed by atoms with E-state index in [2.05, 4.69) is 20.5 Å². The lowest BCUT2D eigenvalue weighted by atomic mass is 10.2. The maximum Gasteiger partial charge on any atom is 0.246 e. The molecule has 3 rings (SSSR count). The van der Waals surface area contributed by atoms with Crippen LogP contribution in [0.4, 0.5) is 11.6 Å². The van der Waals surface area contributed by atoms with Gasteiger partial charge in [-0.2, -0.15) is 4.98 Å². The van der Waals surface area contributed by atoms with Crippen molar-refractivity contribution in [3.8, 4) is 22.9 Å². The normalized spacial score (nSPS) is 10.4. The van der Waals surface area contributed by atoms with E-state index in [9.17, 15) is 0 Å². The Morgan fingerprint density at radius 2 is 1.65 bits per heavy atom. The molecular weight excluding hydrogens is 316 g/mol. The minimum absolute atomic E-state index is 0.462. The van der Waals surface area contributed by atoms with Gasteiger partial charge in [-0.25, -0.2) is 0 Å². The molecule has 0 aliphatic heterocycles. The molecule has 0 radical (unpaired) electrons. The molecule has 0 aliphatic rings. The number of benzene rings is 2. The van der Waals surface area contributed by atoms with Crippen LogP contribution in [-0.4, -0.2) is 29.4 Å². The third kappa shape index (κ3) is 3.54. The van der Waals surface area contributed by atoms with Crippen LogP contribution in [-0.2, 0) is 0 Å². The lowest BCUT2D eigenvalue weighted by Crippen LogP contribution is -1.92. The quantitative estimate of drug-likeness (QED) is 0.742. The number of methoxy groups -OCH3 is 2. The first kappa shape index (κ1) is 15.2. The van der Waals surface area contributed by atoms with E-state index < -0.39 is 0 Å². The van der Waals surface area contributed by atoms with E-state index in [4.69, 9.17) is 21.1 Å². The minimum Gasteiger partial charge on any atom is -0.497 e. The summed E-state index contributed by atoms with van der Waals surface area (Å²) >= 11 is 5.87. The largest absolute Gasteiger partial charge is 0.497 e. The van der Waals surface area contributed by atoms with E-state index in [1.54, 1.807) is 32.4 Å². The Bertz CT molecular complexity index is 780. The predicted molar refractivity (Wildman–Crippen MR) is 89.7 cm³/mol. The zero-order valence-corrected chi connectivity index (χ0v) is 13.4. The monoisotopic (exact) mass is 330 g/mol. The van der Waals surface area contributed by atoms with Crippen molar-refractivity contribution >= 4 is 23.2 Å². The summed E-state index contributed by atoms with van der Waals surface area (Å²) in [7, 11) is 3.21. The van der Waals surface area contributed by atoms with Gasteiger partial charge in [-0.15, -0.1) is 5.10 Å². The van der Waals surface area contributed by atoms with Crippen molar-refractivity contribution in [2.45, 2.75) is 0 Å². The van der Waals surface area contributed by atoms with Gasteiger partial charge < -0.3 is 14.8 Å². The number of aromatic nitrogens is 3. The standard InChI is InChI=1S/C16H15ClN4O2/c1-22-13-7-10(8-14(9-13)23-2)15-19-16(21-20-15)18-12-5-3-11(17)4-6-12/h3-9H,1-2H3,(H2,18,19,20,21). The zero-order valence-electron chi connectivity index (χ0n) is 12.6. The van der Waals surface area contributed by atoms with Crippen LogP contribution in [0.15, 0.2) is 42.5 Å². The zero-order chi connectivity index (χ0) is 16.2. The molecule has 0 spiro atoms. The van der Waals surface area contributed by atoms with Gasteiger partial charge in [0.1, 0.15) is 11.5 Å². The minimum atomic E-state index is 0.462. The Kier molecular flexibility index (Phi) is 4.34. The summed E-state index contributed by atoms with van der Waals surface area (Å²) in [5.74, 6) is 2.44. The molecule has 0 saturated carbocycles. The van der Waals surface area contributed by atoms with Crippen molar-refractivity contribution in [3.63, 3.8) is 0 Å². The molecule has 7 heteroatoms. The second-order valence-electron chi connectivity index (χ2n) is 4.74. The molecule has 0 atom stereocenters. The van der Waals surface area contributed by atoms with Crippen LogP contribution in [0.5, 0.6) is 11.5 Å². The van der Waals surface area contributed by atoms with Crippen LogP contribution < -0.4 is 14.8 Å². The molecular formula is C16H15ClN4O2. The van der Waals surface area contributed by atoms with E-state index in [1.807, 2.05) is 24.3 Å². The van der Waals surface area contributed by atoms with Crippen LogP contribution in [0, 0.1) is 0 Å². The van der Waals surface area contributed by atoms with Crippen molar-refractivity contribution in [2.75, 3.05) is 19.5 Å². The smallest absolute Gasteiger partial charge is 0.246 e. The van der Waals surface area contributed by atoms with Gasteiger partial charge in [-0.05, 0) is 36.4 Å². The van der Waals surface area contributed by atoms with Crippen LogP contribution in [0.1, 0.15) is 0 Å². The average molecular weight is 331 g/mol. The molecule has 0 unspecified atom stereocenters. The highest BCUT2D eigenvalue weighted by Crippen LogP contribution is 2.28. The Morgan fingerprint density at radius 1 is 1.00 bits per heavy atom. The summed E-state index contributed by atoms with van der Waals surface area (Å²) in [5.41, 5.74) is 1.67. The van der Waals surface area contributed by atoms with Gasteiger partial charge in [-0.3, -0.25) is 5.10 Å². The Morgan fingerprint density at radius 3 is 2.26 bits per heavy atom. The number of nitrogens with one attached hydrogen (secondary N) is 2. The molecule has 6 nitrogen and oxygen atoms in total. The number of ether oxygens (including phenoxy) is 2. The highest BCUT2D eigenvalue weighted by Gasteiger charge is 2.09. The van der Waals surface area contributed by atoms with Crippen molar-refractivity contribution < 1.29 is 9.47 Å². The number of rotatable bonds is 5. The number of aromatic amines is 1. The number of H-pyrrole nitrogens is 1. The van der Waals surface area contributed by atoms with E-state index in [1.165, 1.54) is 0 Å². The van der Waals surface area contributed by atoms with Crippen LogP contribution >= 0.6 is 11.6 Å². The molecule has 2 aromatic carbocycles. The van der Waals surface area contributed by atoms with E-state index in [0.717, 1.165) is 11.3 Å². The summed E-state index contributed by atoms with van der Waals surface area (Å²) in [6.07, 6.45) is 0. The van der Waals surface area contributed by atoms with Crippen LogP contribution in [0.25, 0.3) is 11.4 Å². The summed E-state index contributed by atoms with van der Waals surface area (Å²) in [6, 6.07) is 12.8. The Hall–Kier alpha value is -2.73. The summed E-state index contributed by atoms with van der Waals surface area (Å²) in [4.78, 5) is 4.43. The number of halogens is 1. The fraction of sp³-hybridized carbons (Fsp3) is 0.125.